The van der Waals surface area contributed by atoms with Crippen molar-refractivity contribution in [2.24, 2.45) is 5.41 Å². The Balaban J connectivity index is 1.86. The Morgan fingerprint density at radius 1 is 1.00 bits per heavy atom. The monoisotopic (exact) mass is 345 g/mol. The molecule has 2 atom stereocenters. The molecule has 0 radical (unpaired) electrons. The van der Waals surface area contributed by atoms with Gasteiger partial charge in [0.2, 0.25) is 11.8 Å². The molecule has 1 heterocycles. The molecule has 138 valence electrons. The van der Waals surface area contributed by atoms with E-state index in [0.717, 1.165) is 18.7 Å². The third-order valence-electron chi connectivity index (χ3n) is 4.83. The second kappa shape index (κ2) is 8.00. The molecule has 1 N–H and O–H groups in total. The third-order valence-corrected chi connectivity index (χ3v) is 4.83. The Morgan fingerprint density at radius 2 is 1.56 bits per heavy atom. The minimum absolute atomic E-state index is 0.0140. The normalized spacial score (nSPS) is 18.5. The van der Waals surface area contributed by atoms with Crippen molar-refractivity contribution in [1.29, 1.82) is 0 Å². The first-order chi connectivity index (χ1) is 11.7. The molecule has 0 aromatic heterocycles. The summed E-state index contributed by atoms with van der Waals surface area (Å²) < 4.78 is 0. The van der Waals surface area contributed by atoms with Crippen LogP contribution in [-0.2, 0) is 9.59 Å². The predicted octanol–water partition coefficient (Wildman–Crippen LogP) is 2.44. The zero-order valence-corrected chi connectivity index (χ0v) is 16.1. The van der Waals surface area contributed by atoms with Gasteiger partial charge in [0.25, 0.3) is 0 Å². The van der Waals surface area contributed by atoms with Crippen LogP contribution in [0, 0.1) is 5.41 Å². The summed E-state index contributed by atoms with van der Waals surface area (Å²) in [5.74, 6) is 0.217. The summed E-state index contributed by atoms with van der Waals surface area (Å²) in [6.07, 6.45) is 0. The van der Waals surface area contributed by atoms with Crippen LogP contribution in [0.15, 0.2) is 30.3 Å². The van der Waals surface area contributed by atoms with E-state index < -0.39 is 0 Å². The standard InChI is InChI=1S/C20H31N3O2/c1-15(17-9-7-6-8-10-17)21-18(24)16(2)22-11-13-23(14-12-22)19(25)20(3,4)5/h6-10,15-16H,11-14H2,1-5H3,(H,21,24). The molecular formula is C20H31N3O2. The molecule has 25 heavy (non-hydrogen) atoms. The zero-order valence-electron chi connectivity index (χ0n) is 16.1. The first-order valence-corrected chi connectivity index (χ1v) is 9.09. The molecule has 1 saturated heterocycles. The fourth-order valence-electron chi connectivity index (χ4n) is 3.11. The molecule has 1 fully saturated rings. The molecule has 1 aliphatic heterocycles. The molecule has 5 heteroatoms. The lowest BCUT2D eigenvalue weighted by Crippen LogP contribution is -2.56. The molecular weight excluding hydrogens is 314 g/mol. The Hall–Kier alpha value is -1.88. The number of carbonyl (C=O) groups is 2. The van der Waals surface area contributed by atoms with Gasteiger partial charge in [-0.15, -0.1) is 0 Å². The second-order valence-electron chi connectivity index (χ2n) is 7.90. The highest BCUT2D eigenvalue weighted by Gasteiger charge is 2.32. The lowest BCUT2D eigenvalue weighted by molar-refractivity contribution is -0.142. The van der Waals surface area contributed by atoms with Gasteiger partial charge in [0, 0.05) is 31.6 Å². The average molecular weight is 345 g/mol. The van der Waals surface area contributed by atoms with Gasteiger partial charge in [0.05, 0.1) is 12.1 Å². The van der Waals surface area contributed by atoms with Crippen LogP contribution in [0.2, 0.25) is 0 Å². The lowest BCUT2D eigenvalue weighted by Gasteiger charge is -2.39. The minimum atomic E-state index is -0.351. The third kappa shape index (κ3) is 5.05. The van der Waals surface area contributed by atoms with Gasteiger partial charge in [-0.3, -0.25) is 14.5 Å². The van der Waals surface area contributed by atoms with Gasteiger partial charge in [0.15, 0.2) is 0 Å². The van der Waals surface area contributed by atoms with E-state index in [-0.39, 0.29) is 29.3 Å². The number of amides is 2. The number of benzene rings is 1. The Bertz CT molecular complexity index is 587. The topological polar surface area (TPSA) is 52.7 Å². The van der Waals surface area contributed by atoms with Crippen LogP contribution in [0.4, 0.5) is 0 Å². The number of nitrogens with one attached hydrogen (secondary N) is 1. The van der Waals surface area contributed by atoms with Gasteiger partial charge in [-0.25, -0.2) is 0 Å². The van der Waals surface area contributed by atoms with Crippen LogP contribution in [0.3, 0.4) is 0 Å². The number of hydrogen-bond donors (Lipinski definition) is 1. The molecule has 0 bridgehead atoms. The van der Waals surface area contributed by atoms with Crippen molar-refractivity contribution in [3.8, 4) is 0 Å². The SMILES string of the molecule is CC(NC(=O)C(C)N1CCN(C(=O)C(C)(C)C)CC1)c1ccccc1. The van der Waals surface area contributed by atoms with E-state index in [0.29, 0.717) is 13.1 Å². The molecule has 2 unspecified atom stereocenters. The highest BCUT2D eigenvalue weighted by molar-refractivity contribution is 5.82. The van der Waals surface area contributed by atoms with E-state index in [1.165, 1.54) is 0 Å². The second-order valence-corrected chi connectivity index (χ2v) is 7.90. The molecule has 2 amide bonds. The largest absolute Gasteiger partial charge is 0.348 e. The van der Waals surface area contributed by atoms with Gasteiger partial charge in [-0.05, 0) is 19.4 Å². The van der Waals surface area contributed by atoms with Crippen molar-refractivity contribution in [1.82, 2.24) is 15.1 Å². The Morgan fingerprint density at radius 3 is 2.08 bits per heavy atom. The molecule has 2 rings (SSSR count). The maximum atomic E-state index is 12.6. The molecule has 1 aromatic carbocycles. The Kier molecular flexibility index (Phi) is 6.22. The quantitative estimate of drug-likeness (QED) is 0.912. The van der Waals surface area contributed by atoms with Crippen LogP contribution < -0.4 is 5.32 Å². The van der Waals surface area contributed by atoms with E-state index in [9.17, 15) is 9.59 Å². The summed E-state index contributed by atoms with van der Waals surface area (Å²) in [6.45, 7) is 12.6. The summed E-state index contributed by atoms with van der Waals surface area (Å²) in [7, 11) is 0. The number of rotatable bonds is 4. The molecule has 1 aromatic rings. The number of carbonyl (C=O) groups excluding carboxylic acids is 2. The number of hydrogen-bond acceptors (Lipinski definition) is 3. The summed E-state index contributed by atoms with van der Waals surface area (Å²) in [5.41, 5.74) is 0.750. The van der Waals surface area contributed by atoms with Gasteiger partial charge < -0.3 is 10.2 Å². The van der Waals surface area contributed by atoms with Gasteiger partial charge in [-0.1, -0.05) is 51.1 Å². The zero-order chi connectivity index (χ0) is 18.6. The summed E-state index contributed by atoms with van der Waals surface area (Å²) in [4.78, 5) is 29.0. The van der Waals surface area contributed by atoms with Crippen molar-refractivity contribution in [2.75, 3.05) is 26.2 Å². The van der Waals surface area contributed by atoms with Crippen molar-refractivity contribution in [2.45, 2.75) is 46.7 Å². The maximum absolute atomic E-state index is 12.6. The summed E-state index contributed by atoms with van der Waals surface area (Å²) >= 11 is 0. The number of nitrogens with zero attached hydrogens (tertiary/aromatic N) is 2. The van der Waals surface area contributed by atoms with Gasteiger partial charge in [0.1, 0.15) is 0 Å². The fourth-order valence-corrected chi connectivity index (χ4v) is 3.11. The Labute approximate surface area is 151 Å². The van der Waals surface area contributed by atoms with Gasteiger partial charge >= 0.3 is 0 Å². The van der Waals surface area contributed by atoms with Crippen molar-refractivity contribution in [3.05, 3.63) is 35.9 Å². The maximum Gasteiger partial charge on any atom is 0.237 e. The van der Waals surface area contributed by atoms with E-state index in [1.807, 2.05) is 69.9 Å². The highest BCUT2D eigenvalue weighted by Crippen LogP contribution is 2.19. The van der Waals surface area contributed by atoms with Crippen LogP contribution in [0.5, 0.6) is 0 Å². The molecule has 5 nitrogen and oxygen atoms in total. The van der Waals surface area contributed by atoms with Crippen LogP contribution >= 0.6 is 0 Å². The van der Waals surface area contributed by atoms with Crippen molar-refractivity contribution in [3.63, 3.8) is 0 Å². The van der Waals surface area contributed by atoms with E-state index in [1.54, 1.807) is 0 Å². The molecule has 0 spiro atoms. The molecule has 0 saturated carbocycles. The smallest absolute Gasteiger partial charge is 0.237 e. The van der Waals surface area contributed by atoms with Crippen molar-refractivity contribution >= 4 is 11.8 Å². The van der Waals surface area contributed by atoms with E-state index in [2.05, 4.69) is 10.2 Å². The number of piperazine rings is 1. The molecule has 0 aliphatic carbocycles. The van der Waals surface area contributed by atoms with Crippen molar-refractivity contribution < 1.29 is 9.59 Å². The molecule has 1 aliphatic rings. The minimum Gasteiger partial charge on any atom is -0.348 e. The first-order valence-electron chi connectivity index (χ1n) is 9.09. The summed E-state index contributed by atoms with van der Waals surface area (Å²) in [6, 6.07) is 9.76. The summed E-state index contributed by atoms with van der Waals surface area (Å²) in [5, 5.41) is 3.09. The highest BCUT2D eigenvalue weighted by atomic mass is 16.2. The average Bonchev–Trinajstić information content (AvgIpc) is 2.60. The van der Waals surface area contributed by atoms with E-state index in [4.69, 9.17) is 0 Å². The predicted molar refractivity (Wildman–Crippen MR) is 100 cm³/mol. The van der Waals surface area contributed by atoms with Crippen LogP contribution in [0.1, 0.15) is 46.2 Å². The van der Waals surface area contributed by atoms with Crippen LogP contribution in [-0.4, -0.2) is 53.8 Å². The van der Waals surface area contributed by atoms with Crippen LogP contribution in [0.25, 0.3) is 0 Å². The first kappa shape index (κ1) is 19.4. The van der Waals surface area contributed by atoms with Gasteiger partial charge in [-0.2, -0.15) is 0 Å². The lowest BCUT2D eigenvalue weighted by atomic mass is 9.94. The fraction of sp³-hybridized carbons (Fsp3) is 0.600. The van der Waals surface area contributed by atoms with E-state index >= 15 is 0 Å².